The third kappa shape index (κ3) is 4.64. The molecule has 0 aliphatic carbocycles. The molecule has 1 aromatic rings. The molecular weight excluding hydrogens is 232 g/mol. The Morgan fingerprint density at radius 1 is 1.53 bits per heavy atom. The second-order valence-corrected chi connectivity index (χ2v) is 5.28. The maximum Gasteiger partial charge on any atom is 0.107 e. The van der Waals surface area contributed by atoms with Crippen molar-refractivity contribution in [3.63, 3.8) is 0 Å². The normalized spacial score (nSPS) is 12.5. The van der Waals surface area contributed by atoms with Gasteiger partial charge in [-0.2, -0.15) is 0 Å². The number of hydrogen-bond acceptors (Lipinski definition) is 3. The van der Waals surface area contributed by atoms with Gasteiger partial charge in [-0.1, -0.05) is 22.8 Å². The number of nitrogen functional groups attached to an aromatic ring is 1. The van der Waals surface area contributed by atoms with E-state index in [1.807, 2.05) is 6.07 Å². The summed E-state index contributed by atoms with van der Waals surface area (Å²) in [7, 11) is 0. The molecule has 0 aliphatic rings. The van der Waals surface area contributed by atoms with Crippen LogP contribution in [0.5, 0.6) is 0 Å². The van der Waals surface area contributed by atoms with Crippen LogP contribution in [0.25, 0.3) is 0 Å². The van der Waals surface area contributed by atoms with Crippen molar-refractivity contribution in [3.05, 3.63) is 23.2 Å². The van der Waals surface area contributed by atoms with E-state index in [0.717, 1.165) is 18.7 Å². The van der Waals surface area contributed by atoms with E-state index < -0.39 is 11.2 Å². The average Bonchev–Trinajstić information content (AvgIpc) is 2.14. The molecule has 0 aromatic heterocycles. The first-order chi connectivity index (χ1) is 7.09. The Labute approximate surface area is 98.2 Å². The second-order valence-electron chi connectivity index (χ2n) is 3.29. The Bertz CT molecular complexity index is 320. The van der Waals surface area contributed by atoms with Crippen molar-refractivity contribution < 1.29 is 4.55 Å². The number of anilines is 2. The predicted molar refractivity (Wildman–Crippen MR) is 67.9 cm³/mol. The van der Waals surface area contributed by atoms with Gasteiger partial charge in [0.2, 0.25) is 0 Å². The van der Waals surface area contributed by atoms with Gasteiger partial charge >= 0.3 is 0 Å². The van der Waals surface area contributed by atoms with Crippen LogP contribution in [0.15, 0.2) is 18.2 Å². The molecule has 0 radical (unpaired) electrons. The fourth-order valence-corrected chi connectivity index (χ4v) is 1.92. The van der Waals surface area contributed by atoms with Crippen molar-refractivity contribution in [2.75, 3.05) is 29.6 Å². The first-order valence-electron chi connectivity index (χ1n) is 4.68. The third-order valence-corrected chi connectivity index (χ3v) is 3.04. The number of benzene rings is 1. The summed E-state index contributed by atoms with van der Waals surface area (Å²) in [5.41, 5.74) is 7.27. The fourth-order valence-electron chi connectivity index (χ4n) is 1.19. The van der Waals surface area contributed by atoms with E-state index >= 15 is 0 Å². The summed E-state index contributed by atoms with van der Waals surface area (Å²) in [4.78, 5) is 0. The summed E-state index contributed by atoms with van der Waals surface area (Å²) < 4.78 is 10.8. The van der Waals surface area contributed by atoms with Crippen LogP contribution in [0.1, 0.15) is 6.42 Å². The first kappa shape index (κ1) is 12.5. The van der Waals surface area contributed by atoms with Crippen molar-refractivity contribution in [1.29, 1.82) is 0 Å². The molecule has 0 bridgehead atoms. The smallest absolute Gasteiger partial charge is 0.107 e. The summed E-state index contributed by atoms with van der Waals surface area (Å²) in [5, 5.41) is 3.81. The quantitative estimate of drug-likeness (QED) is 0.475. The van der Waals surface area contributed by atoms with E-state index in [1.165, 1.54) is 0 Å². The number of hydrogen-bond donors (Lipinski definition) is 2. The standard InChI is InChI=1S/C10H15ClN2OS/c1-15(14)6-2-5-13-10-4-3-8(11)7-9(10)12/h3-4,7,13H,2,5-6,12H2,1H3. The molecule has 3 nitrogen and oxygen atoms in total. The molecule has 1 rings (SSSR count). The maximum absolute atomic E-state index is 10.8. The molecule has 0 saturated heterocycles. The summed E-state index contributed by atoms with van der Waals surface area (Å²) in [6.45, 7) is 0.769. The second kappa shape index (κ2) is 6.10. The molecule has 0 saturated carbocycles. The van der Waals surface area contributed by atoms with Crippen LogP contribution in [-0.4, -0.2) is 23.1 Å². The minimum atomic E-state index is -0.725. The first-order valence-corrected chi connectivity index (χ1v) is 6.79. The molecule has 0 heterocycles. The maximum atomic E-state index is 10.8. The van der Waals surface area contributed by atoms with E-state index in [0.29, 0.717) is 16.5 Å². The van der Waals surface area contributed by atoms with E-state index in [-0.39, 0.29) is 0 Å². The van der Waals surface area contributed by atoms with Crippen LogP contribution in [0, 0.1) is 0 Å². The van der Waals surface area contributed by atoms with Gasteiger partial charge in [0.15, 0.2) is 0 Å². The Hall–Kier alpha value is -0.580. The van der Waals surface area contributed by atoms with Crippen molar-refractivity contribution in [2.24, 2.45) is 0 Å². The summed E-state index contributed by atoms with van der Waals surface area (Å²) in [6.07, 6.45) is 2.57. The Kier molecular flexibility index (Phi) is 5.08. The highest BCUT2D eigenvalue weighted by Crippen LogP contribution is 2.22. The van der Waals surface area contributed by atoms with Gasteiger partial charge in [-0.25, -0.2) is 0 Å². The van der Waals surface area contributed by atoms with Gasteiger partial charge in [0.1, 0.15) is 5.75 Å². The van der Waals surface area contributed by atoms with Crippen LogP contribution in [-0.2, 0) is 11.2 Å². The zero-order chi connectivity index (χ0) is 11.3. The largest absolute Gasteiger partial charge is 0.617 e. The Morgan fingerprint density at radius 3 is 2.87 bits per heavy atom. The highest BCUT2D eigenvalue weighted by Gasteiger charge is 2.00. The molecule has 0 aliphatic heterocycles. The van der Waals surface area contributed by atoms with Crippen molar-refractivity contribution in [1.82, 2.24) is 0 Å². The lowest BCUT2D eigenvalue weighted by molar-refractivity contribution is 0.599. The van der Waals surface area contributed by atoms with Gasteiger partial charge in [0.05, 0.1) is 17.6 Å². The van der Waals surface area contributed by atoms with Crippen molar-refractivity contribution in [3.8, 4) is 0 Å². The molecular formula is C10H15ClN2OS. The molecule has 1 aromatic carbocycles. The summed E-state index contributed by atoms with van der Waals surface area (Å²) >= 11 is 5.05. The molecule has 0 amide bonds. The van der Waals surface area contributed by atoms with E-state index in [2.05, 4.69) is 5.32 Å². The number of halogens is 1. The minimum Gasteiger partial charge on any atom is -0.617 e. The van der Waals surface area contributed by atoms with Crippen LogP contribution in [0.4, 0.5) is 11.4 Å². The summed E-state index contributed by atoms with van der Waals surface area (Å²) in [5.74, 6) is 0.709. The zero-order valence-corrected chi connectivity index (χ0v) is 10.2. The topological polar surface area (TPSA) is 61.1 Å². The van der Waals surface area contributed by atoms with Gasteiger partial charge in [0.25, 0.3) is 0 Å². The van der Waals surface area contributed by atoms with Gasteiger partial charge in [-0.15, -0.1) is 0 Å². The molecule has 1 unspecified atom stereocenters. The lowest BCUT2D eigenvalue weighted by Gasteiger charge is -2.09. The van der Waals surface area contributed by atoms with Crippen LogP contribution >= 0.6 is 11.6 Å². The number of rotatable bonds is 5. The van der Waals surface area contributed by atoms with E-state index in [1.54, 1.807) is 18.4 Å². The third-order valence-electron chi connectivity index (χ3n) is 1.94. The molecule has 0 fully saturated rings. The monoisotopic (exact) mass is 246 g/mol. The van der Waals surface area contributed by atoms with Crippen LogP contribution in [0.2, 0.25) is 5.02 Å². The fraction of sp³-hybridized carbons (Fsp3) is 0.400. The highest BCUT2D eigenvalue weighted by atomic mass is 35.5. The van der Waals surface area contributed by atoms with Crippen molar-refractivity contribution >= 4 is 34.2 Å². The molecule has 0 spiro atoms. The Morgan fingerprint density at radius 2 is 2.27 bits per heavy atom. The summed E-state index contributed by atoms with van der Waals surface area (Å²) in [6, 6.07) is 5.35. The molecule has 5 heteroatoms. The Balaban J connectivity index is 2.37. The molecule has 15 heavy (non-hydrogen) atoms. The minimum absolute atomic E-state index is 0.632. The van der Waals surface area contributed by atoms with Gasteiger partial charge in [-0.3, -0.25) is 0 Å². The highest BCUT2D eigenvalue weighted by molar-refractivity contribution is 7.90. The molecule has 84 valence electrons. The van der Waals surface area contributed by atoms with Gasteiger partial charge in [-0.05, 0) is 18.2 Å². The van der Waals surface area contributed by atoms with Gasteiger partial charge in [0, 0.05) is 18.0 Å². The lowest BCUT2D eigenvalue weighted by Crippen LogP contribution is -2.10. The molecule has 1 atom stereocenters. The average molecular weight is 247 g/mol. The zero-order valence-electron chi connectivity index (χ0n) is 8.63. The number of nitrogens with one attached hydrogen (secondary N) is 1. The van der Waals surface area contributed by atoms with Gasteiger partial charge < -0.3 is 15.6 Å². The predicted octanol–water partition coefficient (Wildman–Crippen LogP) is 2.10. The van der Waals surface area contributed by atoms with Crippen molar-refractivity contribution in [2.45, 2.75) is 6.42 Å². The lowest BCUT2D eigenvalue weighted by atomic mass is 10.2. The van der Waals surface area contributed by atoms with E-state index in [9.17, 15) is 4.55 Å². The number of nitrogens with two attached hydrogens (primary N) is 1. The van der Waals surface area contributed by atoms with Crippen LogP contribution < -0.4 is 11.1 Å². The van der Waals surface area contributed by atoms with Crippen LogP contribution in [0.3, 0.4) is 0 Å². The molecule has 3 N–H and O–H groups in total. The SMILES string of the molecule is C[S+]([O-])CCCNc1ccc(Cl)cc1N. The van der Waals surface area contributed by atoms with E-state index in [4.69, 9.17) is 17.3 Å².